The number of rotatable bonds is 4. The van der Waals surface area contributed by atoms with E-state index in [-0.39, 0.29) is 5.91 Å². The summed E-state index contributed by atoms with van der Waals surface area (Å²) in [7, 11) is 1.67. The van der Waals surface area contributed by atoms with Gasteiger partial charge in [0.2, 0.25) is 5.91 Å². The molecule has 2 aromatic carbocycles. The Morgan fingerprint density at radius 3 is 2.58 bits per heavy atom. The van der Waals surface area contributed by atoms with Crippen molar-refractivity contribution in [2.75, 3.05) is 33.3 Å². The van der Waals surface area contributed by atoms with Crippen molar-refractivity contribution in [3.63, 3.8) is 0 Å². The van der Waals surface area contributed by atoms with Crippen LogP contribution in [-0.4, -0.2) is 60.2 Å². The highest BCUT2D eigenvalue weighted by molar-refractivity contribution is 5.73. The van der Waals surface area contributed by atoms with Gasteiger partial charge < -0.3 is 14.7 Å². The van der Waals surface area contributed by atoms with Crippen molar-refractivity contribution in [1.29, 1.82) is 0 Å². The fourth-order valence-corrected chi connectivity index (χ4v) is 3.39. The summed E-state index contributed by atoms with van der Waals surface area (Å²) in [5.74, 6) is 0.860. The number of aliphatic hydroxyl groups excluding tert-OH is 1. The quantitative estimate of drug-likeness (QED) is 0.916. The van der Waals surface area contributed by atoms with Crippen molar-refractivity contribution in [2.24, 2.45) is 0 Å². The Hall–Kier alpha value is -2.37. The second-order valence-electron chi connectivity index (χ2n) is 6.79. The zero-order chi connectivity index (χ0) is 18.5. The zero-order valence-corrected chi connectivity index (χ0v) is 15.4. The first kappa shape index (κ1) is 18.4. The average Bonchev–Trinajstić information content (AvgIpc) is 2.83. The molecule has 0 radical (unpaired) electrons. The number of β-amino-alcohol motifs (C(OH)–C–C–N with tert-alkyl or cyclic N) is 1. The predicted molar refractivity (Wildman–Crippen MR) is 102 cm³/mol. The first-order valence-corrected chi connectivity index (χ1v) is 8.94. The van der Waals surface area contributed by atoms with Gasteiger partial charge in [0.05, 0.1) is 13.2 Å². The van der Waals surface area contributed by atoms with Crippen LogP contribution < -0.4 is 4.74 Å². The van der Waals surface area contributed by atoms with Crippen LogP contribution in [0.1, 0.15) is 12.5 Å². The molecule has 26 heavy (non-hydrogen) atoms. The highest BCUT2D eigenvalue weighted by Gasteiger charge is 2.22. The lowest BCUT2D eigenvalue weighted by Crippen LogP contribution is -2.36. The highest BCUT2D eigenvalue weighted by Crippen LogP contribution is 2.25. The van der Waals surface area contributed by atoms with Crippen LogP contribution in [0.15, 0.2) is 48.5 Å². The second kappa shape index (κ2) is 8.34. The Bertz CT molecular complexity index is 762. The molecule has 1 fully saturated rings. The van der Waals surface area contributed by atoms with Crippen LogP contribution in [0.2, 0.25) is 0 Å². The summed E-state index contributed by atoms with van der Waals surface area (Å²) in [6.45, 7) is 4.71. The largest absolute Gasteiger partial charge is 0.497 e. The van der Waals surface area contributed by atoms with Gasteiger partial charge in [-0.1, -0.05) is 30.3 Å². The summed E-state index contributed by atoms with van der Waals surface area (Å²) >= 11 is 0. The van der Waals surface area contributed by atoms with E-state index in [2.05, 4.69) is 35.2 Å². The minimum absolute atomic E-state index is 0.0194. The minimum atomic E-state index is -0.511. The predicted octanol–water partition coefficient (Wildman–Crippen LogP) is 2.39. The molecular weight excluding hydrogens is 328 g/mol. The van der Waals surface area contributed by atoms with Gasteiger partial charge in [0.15, 0.2) is 0 Å². The lowest BCUT2D eigenvalue weighted by Gasteiger charge is -2.21. The summed E-state index contributed by atoms with van der Waals surface area (Å²) in [5.41, 5.74) is 3.45. The Morgan fingerprint density at radius 1 is 1.12 bits per heavy atom. The van der Waals surface area contributed by atoms with E-state index in [1.165, 1.54) is 5.56 Å². The second-order valence-corrected chi connectivity index (χ2v) is 6.79. The van der Waals surface area contributed by atoms with Gasteiger partial charge in [0.25, 0.3) is 0 Å². The molecule has 0 spiro atoms. The van der Waals surface area contributed by atoms with Crippen LogP contribution in [0.5, 0.6) is 5.75 Å². The van der Waals surface area contributed by atoms with Crippen LogP contribution in [0.3, 0.4) is 0 Å². The van der Waals surface area contributed by atoms with Crippen LogP contribution in [0.25, 0.3) is 11.1 Å². The molecule has 1 atom stereocenters. The van der Waals surface area contributed by atoms with E-state index >= 15 is 0 Å². The van der Waals surface area contributed by atoms with Gasteiger partial charge in [-0.25, -0.2) is 0 Å². The Labute approximate surface area is 154 Å². The van der Waals surface area contributed by atoms with E-state index < -0.39 is 6.10 Å². The number of hydrogen-bond acceptors (Lipinski definition) is 4. The number of aliphatic hydroxyl groups is 1. The molecule has 1 unspecified atom stereocenters. The molecule has 1 heterocycles. The molecule has 5 nitrogen and oxygen atoms in total. The third-order valence-corrected chi connectivity index (χ3v) is 4.77. The SMILES string of the molecule is COc1cccc(-c2cccc(CN3CCN(C(C)=O)CC(O)C3)c2)c1. The lowest BCUT2D eigenvalue weighted by atomic mass is 10.0. The maximum absolute atomic E-state index is 11.6. The van der Waals surface area contributed by atoms with Gasteiger partial charge in [-0.2, -0.15) is 0 Å². The van der Waals surface area contributed by atoms with E-state index in [0.717, 1.165) is 30.0 Å². The standard InChI is InChI=1S/C21H26N2O3/c1-16(24)23-10-9-22(14-20(25)15-23)13-17-5-3-6-18(11-17)19-7-4-8-21(12-19)26-2/h3-8,11-12,20,25H,9-10,13-15H2,1-2H3. The van der Waals surface area contributed by atoms with E-state index in [4.69, 9.17) is 4.74 Å². The first-order chi connectivity index (χ1) is 12.5. The fraction of sp³-hybridized carbons (Fsp3) is 0.381. The van der Waals surface area contributed by atoms with E-state index in [1.54, 1.807) is 18.9 Å². The van der Waals surface area contributed by atoms with Crippen molar-refractivity contribution in [2.45, 2.75) is 19.6 Å². The molecule has 1 N–H and O–H groups in total. The molecule has 5 heteroatoms. The molecule has 0 aliphatic carbocycles. The van der Waals surface area contributed by atoms with Crippen molar-refractivity contribution >= 4 is 5.91 Å². The third-order valence-electron chi connectivity index (χ3n) is 4.77. The molecule has 3 rings (SSSR count). The smallest absolute Gasteiger partial charge is 0.219 e. The van der Waals surface area contributed by atoms with E-state index in [1.807, 2.05) is 18.2 Å². The number of nitrogens with zero attached hydrogens (tertiary/aromatic N) is 2. The number of methoxy groups -OCH3 is 1. The molecule has 0 saturated carbocycles. The Morgan fingerprint density at radius 2 is 1.85 bits per heavy atom. The van der Waals surface area contributed by atoms with Gasteiger partial charge in [0, 0.05) is 39.6 Å². The summed E-state index contributed by atoms with van der Waals surface area (Å²) in [6.07, 6.45) is -0.511. The molecule has 1 saturated heterocycles. The zero-order valence-electron chi connectivity index (χ0n) is 15.4. The van der Waals surface area contributed by atoms with Crippen molar-refractivity contribution in [3.05, 3.63) is 54.1 Å². The summed E-state index contributed by atoms with van der Waals surface area (Å²) < 4.78 is 5.31. The molecule has 1 amide bonds. The molecule has 2 aromatic rings. The van der Waals surface area contributed by atoms with Crippen LogP contribution in [0.4, 0.5) is 0 Å². The number of amides is 1. The number of hydrogen-bond donors (Lipinski definition) is 1. The number of benzene rings is 2. The molecule has 0 aromatic heterocycles. The van der Waals surface area contributed by atoms with Gasteiger partial charge >= 0.3 is 0 Å². The molecule has 1 aliphatic heterocycles. The van der Waals surface area contributed by atoms with Gasteiger partial charge in [0.1, 0.15) is 5.75 Å². The van der Waals surface area contributed by atoms with Crippen molar-refractivity contribution in [3.8, 4) is 16.9 Å². The normalized spacial score (nSPS) is 18.4. The monoisotopic (exact) mass is 354 g/mol. The highest BCUT2D eigenvalue weighted by atomic mass is 16.5. The topological polar surface area (TPSA) is 53.0 Å². The van der Waals surface area contributed by atoms with Crippen molar-refractivity contribution in [1.82, 2.24) is 9.80 Å². The van der Waals surface area contributed by atoms with Gasteiger partial charge in [-0.15, -0.1) is 0 Å². The number of carbonyl (C=O) groups is 1. The molecule has 1 aliphatic rings. The van der Waals surface area contributed by atoms with Crippen LogP contribution in [-0.2, 0) is 11.3 Å². The lowest BCUT2D eigenvalue weighted by molar-refractivity contribution is -0.129. The third kappa shape index (κ3) is 4.62. The minimum Gasteiger partial charge on any atom is -0.497 e. The maximum atomic E-state index is 11.6. The Kier molecular flexibility index (Phi) is 5.91. The summed E-state index contributed by atoms with van der Waals surface area (Å²) in [6, 6.07) is 16.4. The molecule has 138 valence electrons. The van der Waals surface area contributed by atoms with E-state index in [9.17, 15) is 9.90 Å². The number of carbonyl (C=O) groups excluding carboxylic acids is 1. The fourth-order valence-electron chi connectivity index (χ4n) is 3.39. The maximum Gasteiger partial charge on any atom is 0.219 e. The Balaban J connectivity index is 1.73. The molecule has 0 bridgehead atoms. The van der Waals surface area contributed by atoms with Crippen LogP contribution >= 0.6 is 0 Å². The van der Waals surface area contributed by atoms with Crippen LogP contribution in [0, 0.1) is 0 Å². The van der Waals surface area contributed by atoms with Crippen molar-refractivity contribution < 1.29 is 14.6 Å². The van der Waals surface area contributed by atoms with E-state index in [0.29, 0.717) is 19.6 Å². The molecular formula is C21H26N2O3. The average molecular weight is 354 g/mol. The summed E-state index contributed by atoms with van der Waals surface area (Å²) in [4.78, 5) is 15.5. The first-order valence-electron chi connectivity index (χ1n) is 8.94. The van der Waals surface area contributed by atoms with Gasteiger partial charge in [-0.3, -0.25) is 9.69 Å². The summed E-state index contributed by atoms with van der Waals surface area (Å²) in [5, 5.41) is 10.2. The van der Waals surface area contributed by atoms with Gasteiger partial charge in [-0.05, 0) is 34.9 Å². The number of ether oxygens (including phenoxy) is 1.